The fraction of sp³-hybridized carbons (Fsp3) is 0.385. The van der Waals surface area contributed by atoms with Crippen LogP contribution in [0.15, 0.2) is 45.5 Å². The molecule has 0 aromatic heterocycles. The van der Waals surface area contributed by atoms with Gasteiger partial charge < -0.3 is 10.5 Å². The molecule has 1 unspecified atom stereocenters. The van der Waals surface area contributed by atoms with Crippen LogP contribution < -0.4 is 5.73 Å². The lowest BCUT2D eigenvalue weighted by Gasteiger charge is -2.20. The van der Waals surface area contributed by atoms with Gasteiger partial charge in [0.15, 0.2) is 0 Å². The van der Waals surface area contributed by atoms with E-state index in [1.165, 1.54) is 4.90 Å². The minimum absolute atomic E-state index is 0.000665. The van der Waals surface area contributed by atoms with Gasteiger partial charge in [-0.25, -0.2) is 0 Å². The van der Waals surface area contributed by atoms with E-state index in [9.17, 15) is 0 Å². The smallest absolute Gasteiger partial charge is 0.110 e. The van der Waals surface area contributed by atoms with Gasteiger partial charge in [0, 0.05) is 15.1 Å². The van der Waals surface area contributed by atoms with E-state index in [1.807, 2.05) is 12.1 Å². The van der Waals surface area contributed by atoms with Crippen LogP contribution >= 0.6 is 27.7 Å². The maximum atomic E-state index is 6.11. The predicted molar refractivity (Wildman–Crippen MR) is 76.1 cm³/mol. The van der Waals surface area contributed by atoms with Crippen LogP contribution in [0.1, 0.15) is 12.8 Å². The summed E-state index contributed by atoms with van der Waals surface area (Å²) in [5.41, 5.74) is 6.11. The Morgan fingerprint density at radius 2 is 2.35 bits per heavy atom. The van der Waals surface area contributed by atoms with Crippen LogP contribution in [0.4, 0.5) is 0 Å². The number of hydrogen-bond donors (Lipinski definition) is 1. The molecule has 0 saturated heterocycles. The van der Waals surface area contributed by atoms with E-state index in [0.29, 0.717) is 0 Å². The molecule has 4 heteroatoms. The second-order valence-corrected chi connectivity index (χ2v) is 5.98. The van der Waals surface area contributed by atoms with E-state index >= 15 is 0 Å². The molecule has 17 heavy (non-hydrogen) atoms. The predicted octanol–water partition coefficient (Wildman–Crippen LogP) is 3.56. The lowest BCUT2D eigenvalue weighted by atomic mass is 10.2. The minimum Gasteiger partial charge on any atom is -0.497 e. The van der Waals surface area contributed by atoms with E-state index in [0.717, 1.165) is 35.4 Å². The lowest BCUT2D eigenvalue weighted by molar-refractivity contribution is 0.179. The monoisotopic (exact) mass is 313 g/mol. The standard InChI is InChI=1S/C13H16BrNOS/c14-10-4-3-5-11(8-10)17-9-12(15)13-6-1-2-7-16-13/h3-6,8,12H,1-2,7,9,15H2. The van der Waals surface area contributed by atoms with Crippen molar-refractivity contribution in [2.24, 2.45) is 5.73 Å². The van der Waals surface area contributed by atoms with Crippen molar-refractivity contribution >= 4 is 27.7 Å². The number of nitrogens with two attached hydrogens (primary N) is 1. The van der Waals surface area contributed by atoms with Crippen molar-refractivity contribution in [3.8, 4) is 0 Å². The Hall–Kier alpha value is -0.450. The maximum Gasteiger partial charge on any atom is 0.110 e. The zero-order chi connectivity index (χ0) is 12.1. The van der Waals surface area contributed by atoms with Gasteiger partial charge in [-0.1, -0.05) is 22.0 Å². The molecule has 2 nitrogen and oxygen atoms in total. The number of hydrogen-bond acceptors (Lipinski definition) is 3. The number of benzene rings is 1. The molecule has 92 valence electrons. The average molecular weight is 314 g/mol. The molecule has 1 aliphatic rings. The Morgan fingerprint density at radius 1 is 1.47 bits per heavy atom. The molecule has 1 aromatic rings. The molecule has 1 heterocycles. The fourth-order valence-electron chi connectivity index (χ4n) is 1.66. The Balaban J connectivity index is 1.87. The number of allylic oxidation sites excluding steroid dienone is 1. The van der Waals surface area contributed by atoms with E-state index in [2.05, 4.69) is 34.1 Å². The molecule has 0 fully saturated rings. The molecule has 1 atom stereocenters. The Morgan fingerprint density at radius 3 is 3.06 bits per heavy atom. The minimum atomic E-state index is -0.000665. The molecule has 0 saturated carbocycles. The molecule has 0 spiro atoms. The number of halogens is 1. The summed E-state index contributed by atoms with van der Waals surface area (Å²) in [6.07, 6.45) is 4.31. The van der Waals surface area contributed by atoms with Gasteiger partial charge in [0.2, 0.25) is 0 Å². The van der Waals surface area contributed by atoms with Gasteiger partial charge in [0.05, 0.1) is 12.6 Å². The van der Waals surface area contributed by atoms with Gasteiger partial charge in [0.25, 0.3) is 0 Å². The zero-order valence-corrected chi connectivity index (χ0v) is 12.0. The SMILES string of the molecule is NC(CSc1cccc(Br)c1)C1=CCCCO1. The molecule has 1 aliphatic heterocycles. The Bertz CT molecular complexity index is 408. The summed E-state index contributed by atoms with van der Waals surface area (Å²) in [4.78, 5) is 1.23. The maximum absolute atomic E-state index is 6.11. The quantitative estimate of drug-likeness (QED) is 0.863. The van der Waals surface area contributed by atoms with Gasteiger partial charge in [-0.05, 0) is 37.1 Å². The molecular formula is C13H16BrNOS. The number of thioether (sulfide) groups is 1. The topological polar surface area (TPSA) is 35.2 Å². The van der Waals surface area contributed by atoms with Crippen molar-refractivity contribution in [2.75, 3.05) is 12.4 Å². The summed E-state index contributed by atoms with van der Waals surface area (Å²) in [7, 11) is 0. The highest BCUT2D eigenvalue weighted by atomic mass is 79.9. The third-order valence-corrected chi connectivity index (χ3v) is 4.16. The van der Waals surface area contributed by atoms with E-state index in [-0.39, 0.29) is 6.04 Å². The van der Waals surface area contributed by atoms with Crippen LogP contribution in [0, 0.1) is 0 Å². The van der Waals surface area contributed by atoms with E-state index in [1.54, 1.807) is 11.8 Å². The molecule has 0 aliphatic carbocycles. The molecule has 0 amide bonds. The van der Waals surface area contributed by atoms with Crippen LogP contribution in [-0.2, 0) is 4.74 Å². The summed E-state index contributed by atoms with van der Waals surface area (Å²) >= 11 is 5.23. The van der Waals surface area contributed by atoms with E-state index in [4.69, 9.17) is 10.5 Å². The van der Waals surface area contributed by atoms with Crippen LogP contribution in [-0.4, -0.2) is 18.4 Å². The highest BCUT2D eigenvalue weighted by Crippen LogP contribution is 2.24. The van der Waals surface area contributed by atoms with Crippen molar-refractivity contribution in [3.05, 3.63) is 40.6 Å². The van der Waals surface area contributed by atoms with Crippen molar-refractivity contribution in [1.82, 2.24) is 0 Å². The van der Waals surface area contributed by atoms with E-state index < -0.39 is 0 Å². The summed E-state index contributed by atoms with van der Waals surface area (Å²) in [6, 6.07) is 8.26. The first-order chi connectivity index (χ1) is 8.25. The Labute approximate surface area is 115 Å². The van der Waals surface area contributed by atoms with Gasteiger partial charge in [0.1, 0.15) is 5.76 Å². The van der Waals surface area contributed by atoms with Gasteiger partial charge in [-0.3, -0.25) is 0 Å². The first-order valence-electron chi connectivity index (χ1n) is 5.72. The van der Waals surface area contributed by atoms with Crippen LogP contribution in [0.3, 0.4) is 0 Å². The second kappa shape index (κ2) is 6.47. The lowest BCUT2D eigenvalue weighted by Crippen LogP contribution is -2.28. The van der Waals surface area contributed by atoms with Gasteiger partial charge in [-0.15, -0.1) is 11.8 Å². The Kier molecular flexibility index (Phi) is 4.95. The van der Waals surface area contributed by atoms with Crippen LogP contribution in [0.2, 0.25) is 0 Å². The second-order valence-electron chi connectivity index (χ2n) is 3.97. The third kappa shape index (κ3) is 4.05. The van der Waals surface area contributed by atoms with Crippen molar-refractivity contribution in [1.29, 1.82) is 0 Å². The summed E-state index contributed by atoms with van der Waals surface area (Å²) in [5, 5.41) is 0. The molecule has 1 aromatic carbocycles. The average Bonchev–Trinajstić information content (AvgIpc) is 2.37. The van der Waals surface area contributed by atoms with Crippen LogP contribution in [0.25, 0.3) is 0 Å². The fourth-order valence-corrected chi connectivity index (χ4v) is 3.13. The largest absolute Gasteiger partial charge is 0.497 e. The van der Waals surface area contributed by atoms with Crippen molar-refractivity contribution < 1.29 is 4.74 Å². The highest BCUT2D eigenvalue weighted by molar-refractivity contribution is 9.10. The summed E-state index contributed by atoms with van der Waals surface area (Å²) in [6.45, 7) is 0.807. The number of ether oxygens (including phenoxy) is 1. The third-order valence-electron chi connectivity index (χ3n) is 2.55. The van der Waals surface area contributed by atoms with Crippen molar-refractivity contribution in [2.45, 2.75) is 23.8 Å². The van der Waals surface area contributed by atoms with Gasteiger partial charge >= 0.3 is 0 Å². The molecule has 0 radical (unpaired) electrons. The molecule has 2 N–H and O–H groups in total. The summed E-state index contributed by atoms with van der Waals surface area (Å²) in [5.74, 6) is 1.81. The molecule has 2 rings (SSSR count). The molecule has 0 bridgehead atoms. The first kappa shape index (κ1) is 13.0. The summed E-state index contributed by atoms with van der Waals surface area (Å²) < 4.78 is 6.67. The van der Waals surface area contributed by atoms with Crippen molar-refractivity contribution in [3.63, 3.8) is 0 Å². The first-order valence-corrected chi connectivity index (χ1v) is 7.50. The van der Waals surface area contributed by atoms with Gasteiger partial charge in [-0.2, -0.15) is 0 Å². The zero-order valence-electron chi connectivity index (χ0n) is 9.56. The van der Waals surface area contributed by atoms with Crippen LogP contribution in [0.5, 0.6) is 0 Å². The normalized spacial score (nSPS) is 17.2. The number of rotatable bonds is 4. The highest BCUT2D eigenvalue weighted by Gasteiger charge is 2.13. The molecular weight excluding hydrogens is 298 g/mol.